The van der Waals surface area contributed by atoms with E-state index in [2.05, 4.69) is 32.3 Å². The van der Waals surface area contributed by atoms with Gasteiger partial charge in [0, 0.05) is 31.5 Å². The lowest BCUT2D eigenvalue weighted by atomic mass is 10.1. The van der Waals surface area contributed by atoms with Gasteiger partial charge in [0.25, 0.3) is 5.91 Å². The predicted octanol–water partition coefficient (Wildman–Crippen LogP) is 2.89. The molecule has 1 saturated heterocycles. The Kier molecular flexibility index (Phi) is 6.48. The van der Waals surface area contributed by atoms with E-state index in [-0.39, 0.29) is 35.0 Å². The van der Waals surface area contributed by atoms with E-state index in [0.29, 0.717) is 24.8 Å². The van der Waals surface area contributed by atoms with E-state index in [1.807, 2.05) is 0 Å². The second-order valence-electron chi connectivity index (χ2n) is 7.69. The summed E-state index contributed by atoms with van der Waals surface area (Å²) >= 11 is 0. The number of hydrogen-bond donors (Lipinski definition) is 3. The molecule has 1 atom stereocenters. The van der Waals surface area contributed by atoms with Crippen LogP contribution in [-0.2, 0) is 4.79 Å². The minimum atomic E-state index is -0.860. The lowest BCUT2D eigenvalue weighted by molar-refractivity contribution is -0.127. The predicted molar refractivity (Wildman–Crippen MR) is 121 cm³/mol. The number of benzene rings is 1. The molecular weight excluding hydrogens is 446 g/mol. The van der Waals surface area contributed by atoms with Crippen LogP contribution in [0.2, 0.25) is 0 Å². The average molecular weight is 468 g/mol. The van der Waals surface area contributed by atoms with Crippen molar-refractivity contribution in [2.24, 2.45) is 5.73 Å². The molecular formula is C22H22F2N8O2. The molecule has 2 amide bonds. The number of carbonyl (C=O) groups excluding carboxylic acids is 2. The summed E-state index contributed by atoms with van der Waals surface area (Å²) in [5.41, 5.74) is 5.79. The first-order chi connectivity index (χ1) is 16.3. The number of hydrogen-bond acceptors (Lipinski definition) is 7. The van der Waals surface area contributed by atoms with Crippen molar-refractivity contribution in [1.82, 2.24) is 24.6 Å². The number of primary amides is 1. The molecule has 4 N–H and O–H groups in total. The first-order valence-electron chi connectivity index (χ1n) is 10.5. The van der Waals surface area contributed by atoms with Gasteiger partial charge in [0.1, 0.15) is 23.0 Å². The van der Waals surface area contributed by atoms with E-state index in [1.165, 1.54) is 18.3 Å². The molecule has 12 heteroatoms. The maximum Gasteiger partial charge on any atom is 0.254 e. The van der Waals surface area contributed by atoms with E-state index >= 15 is 0 Å². The van der Waals surface area contributed by atoms with Gasteiger partial charge in [-0.1, -0.05) is 6.58 Å². The Morgan fingerprint density at radius 2 is 2.06 bits per heavy atom. The Hall–Kier alpha value is -4.35. The number of amides is 2. The minimum Gasteiger partial charge on any atom is -0.365 e. The molecule has 3 aromatic rings. The highest BCUT2D eigenvalue weighted by molar-refractivity contribution is 5.98. The molecule has 3 heterocycles. The van der Waals surface area contributed by atoms with Crippen LogP contribution in [0.5, 0.6) is 0 Å². The van der Waals surface area contributed by atoms with Gasteiger partial charge < -0.3 is 21.3 Å². The number of rotatable bonds is 7. The number of carbonyl (C=O) groups is 2. The standard InChI is InChI=1S/C22H22F2N8O2/c1-2-19(33)31-7-3-4-15(12-31)32-11-14(9-27-32)28-22-26-10-16(20(25)34)21(30-22)29-18-6-5-13(23)8-17(18)24/h2,5-6,8-11,15H,1,3-4,7,12H2,(H2,25,34)(H2,26,28,29,30)/t15-/m1/s1. The van der Waals surface area contributed by atoms with Gasteiger partial charge in [-0.05, 0) is 31.1 Å². The number of nitrogens with one attached hydrogen (secondary N) is 2. The molecule has 1 fully saturated rings. The van der Waals surface area contributed by atoms with Gasteiger partial charge >= 0.3 is 0 Å². The second-order valence-corrected chi connectivity index (χ2v) is 7.69. The van der Waals surface area contributed by atoms with Crippen LogP contribution in [-0.4, -0.2) is 49.6 Å². The first-order valence-corrected chi connectivity index (χ1v) is 10.5. The van der Waals surface area contributed by atoms with Crippen LogP contribution in [0.4, 0.5) is 31.9 Å². The highest BCUT2D eigenvalue weighted by atomic mass is 19.1. The van der Waals surface area contributed by atoms with E-state index in [0.717, 1.165) is 18.9 Å². The Balaban J connectivity index is 1.53. The zero-order valence-electron chi connectivity index (χ0n) is 18.0. The molecule has 34 heavy (non-hydrogen) atoms. The SMILES string of the molecule is C=CC(=O)N1CCC[C@@H](n2cc(Nc3ncc(C(N)=O)c(Nc4ccc(F)cc4F)n3)cn2)C1. The number of nitrogens with zero attached hydrogens (tertiary/aromatic N) is 5. The summed E-state index contributed by atoms with van der Waals surface area (Å²) in [5, 5.41) is 10.0. The number of likely N-dealkylation sites (tertiary alicyclic amines) is 1. The highest BCUT2D eigenvalue weighted by Gasteiger charge is 2.24. The van der Waals surface area contributed by atoms with Crippen molar-refractivity contribution in [2.45, 2.75) is 18.9 Å². The van der Waals surface area contributed by atoms with Gasteiger partial charge in [-0.15, -0.1) is 0 Å². The Morgan fingerprint density at radius 1 is 1.24 bits per heavy atom. The third-order valence-corrected chi connectivity index (χ3v) is 5.35. The van der Waals surface area contributed by atoms with E-state index < -0.39 is 17.5 Å². The maximum atomic E-state index is 14.1. The summed E-state index contributed by atoms with van der Waals surface area (Å²) in [6.07, 6.45) is 7.54. The van der Waals surface area contributed by atoms with Crippen molar-refractivity contribution in [3.8, 4) is 0 Å². The minimum absolute atomic E-state index is 0.00466. The molecule has 1 aromatic carbocycles. The summed E-state index contributed by atoms with van der Waals surface area (Å²) < 4.78 is 29.0. The number of anilines is 4. The lowest BCUT2D eigenvalue weighted by Crippen LogP contribution is -2.39. The van der Waals surface area contributed by atoms with Crippen LogP contribution in [0, 0.1) is 11.6 Å². The summed E-state index contributed by atoms with van der Waals surface area (Å²) in [6.45, 7) is 4.73. The third-order valence-electron chi connectivity index (χ3n) is 5.35. The largest absolute Gasteiger partial charge is 0.365 e. The van der Waals surface area contributed by atoms with Gasteiger partial charge in [0.2, 0.25) is 11.9 Å². The fraction of sp³-hybridized carbons (Fsp3) is 0.227. The van der Waals surface area contributed by atoms with Crippen LogP contribution < -0.4 is 16.4 Å². The van der Waals surface area contributed by atoms with Gasteiger partial charge in [-0.3, -0.25) is 14.3 Å². The fourth-order valence-corrected chi connectivity index (χ4v) is 3.67. The number of halogens is 2. The van der Waals surface area contributed by atoms with Crippen molar-refractivity contribution in [3.05, 3.63) is 66.6 Å². The van der Waals surface area contributed by atoms with Crippen LogP contribution in [0.15, 0.2) is 49.4 Å². The molecule has 4 rings (SSSR count). The van der Waals surface area contributed by atoms with E-state index in [4.69, 9.17) is 5.73 Å². The molecule has 0 spiro atoms. The number of nitrogens with two attached hydrogens (primary N) is 1. The van der Waals surface area contributed by atoms with Crippen LogP contribution in [0.1, 0.15) is 29.2 Å². The maximum absolute atomic E-state index is 14.1. The average Bonchev–Trinajstić information content (AvgIpc) is 3.29. The zero-order valence-corrected chi connectivity index (χ0v) is 18.0. The molecule has 176 valence electrons. The molecule has 0 bridgehead atoms. The monoisotopic (exact) mass is 468 g/mol. The summed E-state index contributed by atoms with van der Waals surface area (Å²) in [7, 11) is 0. The van der Waals surface area contributed by atoms with Crippen molar-refractivity contribution in [2.75, 3.05) is 23.7 Å². The van der Waals surface area contributed by atoms with Crippen molar-refractivity contribution < 1.29 is 18.4 Å². The molecule has 10 nitrogen and oxygen atoms in total. The molecule has 1 aliphatic heterocycles. The van der Waals surface area contributed by atoms with Crippen LogP contribution >= 0.6 is 0 Å². The fourth-order valence-electron chi connectivity index (χ4n) is 3.67. The normalized spacial score (nSPS) is 15.6. The van der Waals surface area contributed by atoms with Crippen molar-refractivity contribution in [3.63, 3.8) is 0 Å². The molecule has 0 unspecified atom stereocenters. The lowest BCUT2D eigenvalue weighted by Gasteiger charge is -2.32. The van der Waals surface area contributed by atoms with Gasteiger partial charge in [0.05, 0.1) is 23.6 Å². The number of piperidine rings is 1. The molecule has 1 aliphatic rings. The first kappa shape index (κ1) is 22.8. The second kappa shape index (κ2) is 9.65. The van der Waals surface area contributed by atoms with E-state index in [1.54, 1.807) is 22.0 Å². The van der Waals surface area contributed by atoms with E-state index in [9.17, 15) is 18.4 Å². The topological polar surface area (TPSA) is 131 Å². The van der Waals surface area contributed by atoms with Crippen LogP contribution in [0.25, 0.3) is 0 Å². The van der Waals surface area contributed by atoms with Crippen LogP contribution in [0.3, 0.4) is 0 Å². The molecule has 2 aromatic heterocycles. The smallest absolute Gasteiger partial charge is 0.254 e. The van der Waals surface area contributed by atoms with Crippen molar-refractivity contribution in [1.29, 1.82) is 0 Å². The summed E-state index contributed by atoms with van der Waals surface area (Å²) in [5.74, 6) is -2.48. The quantitative estimate of drug-likeness (QED) is 0.455. The van der Waals surface area contributed by atoms with Gasteiger partial charge in [-0.2, -0.15) is 10.1 Å². The summed E-state index contributed by atoms with van der Waals surface area (Å²) in [6, 6.07) is 2.96. The zero-order chi connectivity index (χ0) is 24.2. The van der Waals surface area contributed by atoms with Gasteiger partial charge in [0.15, 0.2) is 0 Å². The highest BCUT2D eigenvalue weighted by Crippen LogP contribution is 2.25. The number of aromatic nitrogens is 4. The molecule has 0 radical (unpaired) electrons. The Labute approximate surface area is 193 Å². The van der Waals surface area contributed by atoms with Gasteiger partial charge in [-0.25, -0.2) is 13.8 Å². The Bertz CT molecular complexity index is 1250. The third kappa shape index (κ3) is 5.00. The molecule has 0 saturated carbocycles. The molecule has 0 aliphatic carbocycles. The Morgan fingerprint density at radius 3 is 2.79 bits per heavy atom. The van der Waals surface area contributed by atoms with Crippen molar-refractivity contribution >= 4 is 35.0 Å². The summed E-state index contributed by atoms with van der Waals surface area (Å²) in [4.78, 5) is 33.7.